The molecule has 0 fully saturated rings. The first-order valence-electron chi connectivity index (χ1n) is 8.51. The van der Waals surface area contributed by atoms with Crippen molar-refractivity contribution in [3.63, 3.8) is 0 Å². The molecule has 1 N–H and O–H groups in total. The van der Waals surface area contributed by atoms with Gasteiger partial charge in [-0.25, -0.2) is 4.79 Å². The summed E-state index contributed by atoms with van der Waals surface area (Å²) < 4.78 is 45.5. The number of amides is 1. The maximum Gasteiger partial charge on any atom is 0.421 e. The van der Waals surface area contributed by atoms with Crippen LogP contribution < -0.4 is 15.6 Å². The number of pyridine rings is 1. The Morgan fingerprint density at radius 2 is 1.87 bits per heavy atom. The van der Waals surface area contributed by atoms with Crippen LogP contribution in [0.3, 0.4) is 0 Å². The SMILES string of the molecule is Cn1cc(C(=O)Nc2ccc(OC(=O)Cn3cccc(C(F)(F)F)c3=O)cc2)cn1. The summed E-state index contributed by atoms with van der Waals surface area (Å²) >= 11 is 0. The fraction of sp³-hybridized carbons (Fsp3) is 0.158. The summed E-state index contributed by atoms with van der Waals surface area (Å²) in [6, 6.07) is 7.41. The number of rotatable bonds is 5. The van der Waals surface area contributed by atoms with Crippen molar-refractivity contribution in [3.05, 3.63) is 76.5 Å². The third-order valence-electron chi connectivity index (χ3n) is 3.94. The third-order valence-corrected chi connectivity index (χ3v) is 3.94. The minimum Gasteiger partial charge on any atom is -0.425 e. The molecule has 3 rings (SSSR count). The highest BCUT2D eigenvalue weighted by molar-refractivity contribution is 6.03. The molecular weight excluding hydrogens is 405 g/mol. The van der Waals surface area contributed by atoms with Gasteiger partial charge in [0.05, 0.1) is 11.8 Å². The Balaban J connectivity index is 1.63. The van der Waals surface area contributed by atoms with E-state index >= 15 is 0 Å². The van der Waals surface area contributed by atoms with Gasteiger partial charge in [0.15, 0.2) is 0 Å². The topological polar surface area (TPSA) is 95.2 Å². The highest BCUT2D eigenvalue weighted by Gasteiger charge is 2.34. The summed E-state index contributed by atoms with van der Waals surface area (Å²) in [6.07, 6.45) is -0.807. The number of aryl methyl sites for hydroxylation is 1. The molecule has 3 aromatic rings. The first-order valence-corrected chi connectivity index (χ1v) is 8.51. The molecule has 2 heterocycles. The zero-order valence-electron chi connectivity index (χ0n) is 15.5. The lowest BCUT2D eigenvalue weighted by Gasteiger charge is -2.10. The summed E-state index contributed by atoms with van der Waals surface area (Å²) in [5.74, 6) is -1.21. The fourth-order valence-electron chi connectivity index (χ4n) is 2.53. The van der Waals surface area contributed by atoms with Crippen LogP contribution in [0.5, 0.6) is 5.75 Å². The minimum absolute atomic E-state index is 0.0967. The first kappa shape index (κ1) is 20.8. The molecule has 1 aromatic carbocycles. The average Bonchev–Trinajstić information content (AvgIpc) is 3.10. The molecule has 11 heteroatoms. The maximum absolute atomic E-state index is 12.8. The molecule has 0 aliphatic heterocycles. The minimum atomic E-state index is -4.82. The van der Waals surface area contributed by atoms with E-state index in [9.17, 15) is 27.6 Å². The lowest BCUT2D eigenvalue weighted by molar-refractivity contribution is -0.140. The number of nitrogens with zero attached hydrogens (tertiary/aromatic N) is 3. The molecule has 156 valence electrons. The van der Waals surface area contributed by atoms with Crippen molar-refractivity contribution in [1.82, 2.24) is 14.3 Å². The molecule has 2 aromatic heterocycles. The second-order valence-electron chi connectivity index (χ2n) is 6.21. The van der Waals surface area contributed by atoms with E-state index in [2.05, 4.69) is 10.4 Å². The van der Waals surface area contributed by atoms with Crippen molar-refractivity contribution < 1.29 is 27.5 Å². The monoisotopic (exact) mass is 420 g/mol. The van der Waals surface area contributed by atoms with Gasteiger partial charge >= 0.3 is 12.1 Å². The average molecular weight is 420 g/mol. The summed E-state index contributed by atoms with van der Waals surface area (Å²) in [5.41, 5.74) is -1.92. The molecule has 0 unspecified atom stereocenters. The summed E-state index contributed by atoms with van der Waals surface area (Å²) in [7, 11) is 1.67. The van der Waals surface area contributed by atoms with Crippen LogP contribution in [-0.4, -0.2) is 26.2 Å². The Labute approximate surface area is 167 Å². The highest BCUT2D eigenvalue weighted by atomic mass is 19.4. The number of carbonyl (C=O) groups excluding carboxylic acids is 2. The van der Waals surface area contributed by atoms with Crippen LogP contribution in [0.15, 0.2) is 59.8 Å². The van der Waals surface area contributed by atoms with Gasteiger partial charge in [0.2, 0.25) is 0 Å². The van der Waals surface area contributed by atoms with Crippen molar-refractivity contribution >= 4 is 17.6 Å². The molecule has 0 spiro atoms. The molecule has 30 heavy (non-hydrogen) atoms. The number of esters is 1. The Morgan fingerprint density at radius 1 is 1.17 bits per heavy atom. The number of carbonyl (C=O) groups is 2. The number of hydrogen-bond acceptors (Lipinski definition) is 5. The number of ether oxygens (including phenoxy) is 1. The van der Waals surface area contributed by atoms with Gasteiger partial charge in [-0.2, -0.15) is 18.3 Å². The molecule has 1 amide bonds. The predicted molar refractivity (Wildman–Crippen MR) is 98.9 cm³/mol. The van der Waals surface area contributed by atoms with Crippen LogP contribution in [0.4, 0.5) is 18.9 Å². The van der Waals surface area contributed by atoms with E-state index in [-0.39, 0.29) is 11.7 Å². The Kier molecular flexibility index (Phi) is 5.72. The quantitative estimate of drug-likeness (QED) is 0.506. The normalized spacial score (nSPS) is 11.2. The molecular formula is C19H15F3N4O4. The summed E-state index contributed by atoms with van der Waals surface area (Å²) in [6.45, 7) is -0.692. The summed E-state index contributed by atoms with van der Waals surface area (Å²) in [4.78, 5) is 35.9. The number of alkyl halides is 3. The van der Waals surface area contributed by atoms with E-state index in [1.807, 2.05) is 0 Å². The van der Waals surface area contributed by atoms with Gasteiger partial charge < -0.3 is 14.6 Å². The molecule has 0 radical (unpaired) electrons. The number of benzene rings is 1. The number of nitrogens with one attached hydrogen (secondary N) is 1. The van der Waals surface area contributed by atoms with E-state index in [0.29, 0.717) is 21.9 Å². The van der Waals surface area contributed by atoms with Crippen molar-refractivity contribution in [1.29, 1.82) is 0 Å². The molecule has 0 aliphatic carbocycles. The van der Waals surface area contributed by atoms with Crippen molar-refractivity contribution in [2.24, 2.45) is 7.05 Å². The van der Waals surface area contributed by atoms with Crippen molar-refractivity contribution in [3.8, 4) is 5.75 Å². The zero-order chi connectivity index (χ0) is 21.9. The van der Waals surface area contributed by atoms with Gasteiger partial charge in [0, 0.05) is 25.1 Å². The maximum atomic E-state index is 12.8. The molecule has 8 nitrogen and oxygen atoms in total. The molecule has 0 atom stereocenters. The van der Waals surface area contributed by atoms with Gasteiger partial charge in [-0.05, 0) is 36.4 Å². The van der Waals surface area contributed by atoms with Crippen LogP contribution in [0.1, 0.15) is 15.9 Å². The number of anilines is 1. The van der Waals surface area contributed by atoms with E-state index in [1.165, 1.54) is 35.1 Å². The third kappa shape index (κ3) is 4.93. The standard InChI is InChI=1S/C19H15F3N4O4/c1-25-10-12(9-23-25)17(28)24-13-4-6-14(7-5-13)30-16(27)11-26-8-2-3-15(18(26)29)19(20,21)22/h2-10H,11H2,1H3,(H,24,28). The second kappa shape index (κ2) is 8.23. The Bertz CT molecular complexity index is 1130. The Hall–Kier alpha value is -3.89. The number of hydrogen-bond donors (Lipinski definition) is 1. The van der Waals surface area contributed by atoms with Gasteiger partial charge in [0.25, 0.3) is 11.5 Å². The van der Waals surface area contributed by atoms with Crippen LogP contribution >= 0.6 is 0 Å². The van der Waals surface area contributed by atoms with E-state index < -0.39 is 29.8 Å². The highest BCUT2D eigenvalue weighted by Crippen LogP contribution is 2.26. The van der Waals surface area contributed by atoms with Crippen molar-refractivity contribution in [2.75, 3.05) is 5.32 Å². The van der Waals surface area contributed by atoms with Gasteiger partial charge in [-0.3, -0.25) is 14.3 Å². The van der Waals surface area contributed by atoms with Gasteiger partial charge in [-0.1, -0.05) is 0 Å². The van der Waals surface area contributed by atoms with E-state index in [4.69, 9.17) is 4.74 Å². The fourth-order valence-corrected chi connectivity index (χ4v) is 2.53. The summed E-state index contributed by atoms with van der Waals surface area (Å²) in [5, 5.41) is 6.53. The van der Waals surface area contributed by atoms with E-state index in [0.717, 1.165) is 12.3 Å². The van der Waals surface area contributed by atoms with Crippen LogP contribution in [-0.2, 0) is 24.6 Å². The number of halogens is 3. The van der Waals surface area contributed by atoms with Gasteiger partial charge in [0.1, 0.15) is 17.9 Å². The van der Waals surface area contributed by atoms with Gasteiger partial charge in [-0.15, -0.1) is 0 Å². The molecule has 0 aliphatic rings. The molecule has 0 saturated heterocycles. The van der Waals surface area contributed by atoms with Crippen LogP contribution in [0.25, 0.3) is 0 Å². The number of aromatic nitrogens is 3. The van der Waals surface area contributed by atoms with Crippen LogP contribution in [0.2, 0.25) is 0 Å². The second-order valence-corrected chi connectivity index (χ2v) is 6.21. The largest absolute Gasteiger partial charge is 0.425 e. The lowest BCUT2D eigenvalue weighted by atomic mass is 10.2. The van der Waals surface area contributed by atoms with Crippen LogP contribution in [0, 0.1) is 0 Å². The van der Waals surface area contributed by atoms with E-state index in [1.54, 1.807) is 13.2 Å². The smallest absolute Gasteiger partial charge is 0.421 e. The molecule has 0 bridgehead atoms. The lowest BCUT2D eigenvalue weighted by Crippen LogP contribution is -2.31. The first-order chi connectivity index (χ1) is 14.1. The predicted octanol–water partition coefficient (Wildman–Crippen LogP) is 2.46. The molecule has 0 saturated carbocycles. The Morgan fingerprint density at radius 3 is 2.47 bits per heavy atom. The van der Waals surface area contributed by atoms with Crippen molar-refractivity contribution in [2.45, 2.75) is 12.7 Å². The zero-order valence-corrected chi connectivity index (χ0v) is 15.5.